The SMILES string of the molecule is CN(C(=O)Nc1ccc(I)cc1)C(C)(C)C(=O)O. The molecule has 0 bridgehead atoms. The van der Waals surface area contributed by atoms with Gasteiger partial charge in [-0.05, 0) is 60.7 Å². The minimum Gasteiger partial charge on any atom is -0.480 e. The molecule has 0 aromatic heterocycles. The van der Waals surface area contributed by atoms with E-state index in [2.05, 4.69) is 27.9 Å². The van der Waals surface area contributed by atoms with Gasteiger partial charge in [0.2, 0.25) is 0 Å². The number of nitrogens with one attached hydrogen (secondary N) is 1. The Balaban J connectivity index is 2.77. The number of hydrogen-bond donors (Lipinski definition) is 2. The van der Waals surface area contributed by atoms with Crippen molar-refractivity contribution in [1.82, 2.24) is 4.90 Å². The molecule has 0 aliphatic heterocycles. The highest BCUT2D eigenvalue weighted by atomic mass is 127. The molecule has 6 heteroatoms. The Kier molecular flexibility index (Phi) is 4.55. The topological polar surface area (TPSA) is 69.6 Å². The van der Waals surface area contributed by atoms with Crippen molar-refractivity contribution >= 4 is 40.3 Å². The average molecular weight is 362 g/mol. The lowest BCUT2D eigenvalue weighted by Crippen LogP contribution is -2.52. The van der Waals surface area contributed by atoms with Gasteiger partial charge in [0.15, 0.2) is 0 Å². The fourth-order valence-corrected chi connectivity index (χ4v) is 1.50. The van der Waals surface area contributed by atoms with E-state index < -0.39 is 17.5 Å². The number of aliphatic carboxylic acids is 1. The van der Waals surface area contributed by atoms with E-state index in [1.807, 2.05) is 12.1 Å². The van der Waals surface area contributed by atoms with Crippen molar-refractivity contribution in [3.05, 3.63) is 27.8 Å². The van der Waals surface area contributed by atoms with Gasteiger partial charge in [0, 0.05) is 16.3 Å². The monoisotopic (exact) mass is 362 g/mol. The maximum atomic E-state index is 11.9. The third-order valence-electron chi connectivity index (χ3n) is 2.76. The minimum absolute atomic E-state index is 0.455. The van der Waals surface area contributed by atoms with Crippen molar-refractivity contribution in [2.75, 3.05) is 12.4 Å². The number of nitrogens with zero attached hydrogens (tertiary/aromatic N) is 1. The third kappa shape index (κ3) is 3.34. The summed E-state index contributed by atoms with van der Waals surface area (Å²) in [4.78, 5) is 24.1. The Labute approximate surface area is 119 Å². The molecule has 0 aliphatic rings. The van der Waals surface area contributed by atoms with Crippen molar-refractivity contribution in [2.24, 2.45) is 0 Å². The molecule has 0 saturated heterocycles. The highest BCUT2D eigenvalue weighted by molar-refractivity contribution is 14.1. The summed E-state index contributed by atoms with van der Waals surface area (Å²) in [7, 11) is 1.45. The van der Waals surface area contributed by atoms with Gasteiger partial charge in [0.25, 0.3) is 0 Å². The number of likely N-dealkylation sites (N-methyl/N-ethyl adjacent to an activating group) is 1. The van der Waals surface area contributed by atoms with E-state index in [0.717, 1.165) is 8.47 Å². The van der Waals surface area contributed by atoms with E-state index in [9.17, 15) is 9.59 Å². The summed E-state index contributed by atoms with van der Waals surface area (Å²) in [6, 6.07) is 6.79. The van der Waals surface area contributed by atoms with Crippen LogP contribution < -0.4 is 5.32 Å². The normalized spacial score (nSPS) is 10.9. The first-order valence-corrected chi connectivity index (χ1v) is 6.37. The lowest BCUT2D eigenvalue weighted by molar-refractivity contribution is -0.146. The molecule has 0 spiro atoms. The van der Waals surface area contributed by atoms with Crippen LogP contribution in [0.5, 0.6) is 0 Å². The molecule has 0 fully saturated rings. The molecule has 0 atom stereocenters. The van der Waals surface area contributed by atoms with Gasteiger partial charge in [-0.25, -0.2) is 9.59 Å². The van der Waals surface area contributed by atoms with Gasteiger partial charge in [-0.1, -0.05) is 0 Å². The summed E-state index contributed by atoms with van der Waals surface area (Å²) in [6.07, 6.45) is 0. The van der Waals surface area contributed by atoms with Gasteiger partial charge in [0.1, 0.15) is 5.54 Å². The molecule has 0 heterocycles. The molecule has 98 valence electrons. The van der Waals surface area contributed by atoms with Crippen LogP contribution >= 0.6 is 22.6 Å². The summed E-state index contributed by atoms with van der Waals surface area (Å²) in [5, 5.41) is 11.7. The van der Waals surface area contributed by atoms with E-state index in [-0.39, 0.29) is 0 Å². The Morgan fingerprint density at radius 1 is 1.28 bits per heavy atom. The number of carboxylic acid groups (broad SMARTS) is 1. The molecule has 1 aromatic carbocycles. The number of carbonyl (C=O) groups is 2. The summed E-state index contributed by atoms with van der Waals surface area (Å²) < 4.78 is 1.06. The lowest BCUT2D eigenvalue weighted by Gasteiger charge is -2.31. The van der Waals surface area contributed by atoms with Crippen LogP contribution in [0.15, 0.2) is 24.3 Å². The number of hydrogen-bond acceptors (Lipinski definition) is 2. The second-order valence-electron chi connectivity index (χ2n) is 4.36. The molecule has 2 amide bonds. The van der Waals surface area contributed by atoms with E-state index in [1.165, 1.54) is 20.9 Å². The predicted octanol–water partition coefficient (Wildman–Crippen LogP) is 2.62. The predicted molar refractivity (Wildman–Crippen MR) is 77.7 cm³/mol. The van der Waals surface area contributed by atoms with Crippen LogP contribution in [0.1, 0.15) is 13.8 Å². The molecular weight excluding hydrogens is 347 g/mol. The van der Waals surface area contributed by atoms with Crippen molar-refractivity contribution in [2.45, 2.75) is 19.4 Å². The first-order chi connectivity index (χ1) is 8.25. The van der Waals surface area contributed by atoms with Crippen LogP contribution in [0.25, 0.3) is 0 Å². The number of urea groups is 1. The summed E-state index contributed by atoms with van der Waals surface area (Å²) in [5.41, 5.74) is -0.624. The zero-order valence-corrected chi connectivity index (χ0v) is 12.6. The second-order valence-corrected chi connectivity index (χ2v) is 5.61. The lowest BCUT2D eigenvalue weighted by atomic mass is 10.1. The number of benzene rings is 1. The second kappa shape index (κ2) is 5.55. The Bertz CT molecular complexity index is 457. The van der Waals surface area contributed by atoms with Crippen molar-refractivity contribution < 1.29 is 14.7 Å². The van der Waals surface area contributed by atoms with Crippen LogP contribution in [-0.2, 0) is 4.79 Å². The molecule has 2 N–H and O–H groups in total. The van der Waals surface area contributed by atoms with Crippen LogP contribution in [0, 0.1) is 3.57 Å². The van der Waals surface area contributed by atoms with Gasteiger partial charge in [-0.2, -0.15) is 0 Å². The van der Waals surface area contributed by atoms with Gasteiger partial charge in [0.05, 0.1) is 0 Å². The van der Waals surface area contributed by atoms with E-state index in [0.29, 0.717) is 5.69 Å². The number of rotatable bonds is 3. The van der Waals surface area contributed by atoms with Gasteiger partial charge in [-0.3, -0.25) is 0 Å². The standard InChI is InChI=1S/C12H15IN2O3/c1-12(2,10(16)17)15(3)11(18)14-9-6-4-8(13)5-7-9/h4-7H,1-3H3,(H,14,18)(H,16,17). The molecule has 0 saturated carbocycles. The quantitative estimate of drug-likeness (QED) is 0.813. The fourth-order valence-electron chi connectivity index (χ4n) is 1.14. The van der Waals surface area contributed by atoms with Crippen LogP contribution in [-0.4, -0.2) is 34.6 Å². The highest BCUT2D eigenvalue weighted by Crippen LogP contribution is 2.16. The molecule has 18 heavy (non-hydrogen) atoms. The first kappa shape index (κ1) is 14.7. The number of carboxylic acids is 1. The fraction of sp³-hybridized carbons (Fsp3) is 0.333. The zero-order chi connectivity index (χ0) is 13.9. The summed E-state index contributed by atoms with van der Waals surface area (Å²) in [6.45, 7) is 2.95. The molecular formula is C12H15IN2O3. The summed E-state index contributed by atoms with van der Waals surface area (Å²) >= 11 is 2.16. The van der Waals surface area contributed by atoms with Crippen LogP contribution in [0.2, 0.25) is 0 Å². The van der Waals surface area contributed by atoms with E-state index in [4.69, 9.17) is 5.11 Å². The maximum absolute atomic E-state index is 11.9. The highest BCUT2D eigenvalue weighted by Gasteiger charge is 2.35. The average Bonchev–Trinajstić information content (AvgIpc) is 2.30. The number of halogens is 1. The van der Waals surface area contributed by atoms with E-state index in [1.54, 1.807) is 12.1 Å². The smallest absolute Gasteiger partial charge is 0.329 e. The Morgan fingerprint density at radius 2 is 1.78 bits per heavy atom. The molecule has 0 aliphatic carbocycles. The van der Waals surface area contributed by atoms with Gasteiger partial charge < -0.3 is 15.3 Å². The minimum atomic E-state index is -1.26. The van der Waals surface area contributed by atoms with Crippen molar-refractivity contribution in [3.8, 4) is 0 Å². The molecule has 0 radical (unpaired) electrons. The van der Waals surface area contributed by atoms with Crippen molar-refractivity contribution in [3.63, 3.8) is 0 Å². The van der Waals surface area contributed by atoms with Gasteiger partial charge in [-0.15, -0.1) is 0 Å². The third-order valence-corrected chi connectivity index (χ3v) is 3.48. The zero-order valence-electron chi connectivity index (χ0n) is 10.4. The molecule has 0 unspecified atom stereocenters. The van der Waals surface area contributed by atoms with Crippen molar-refractivity contribution in [1.29, 1.82) is 0 Å². The summed E-state index contributed by atoms with van der Waals surface area (Å²) in [5.74, 6) is -1.05. The van der Waals surface area contributed by atoms with E-state index >= 15 is 0 Å². The molecule has 1 aromatic rings. The van der Waals surface area contributed by atoms with Crippen LogP contribution in [0.3, 0.4) is 0 Å². The maximum Gasteiger partial charge on any atom is 0.329 e. The van der Waals surface area contributed by atoms with Crippen LogP contribution in [0.4, 0.5) is 10.5 Å². The number of anilines is 1. The molecule has 5 nitrogen and oxygen atoms in total. The molecule has 1 rings (SSSR count). The Morgan fingerprint density at radius 3 is 2.22 bits per heavy atom. The Hall–Kier alpha value is -1.31. The number of amides is 2. The first-order valence-electron chi connectivity index (χ1n) is 5.29. The van der Waals surface area contributed by atoms with Gasteiger partial charge >= 0.3 is 12.0 Å². The largest absolute Gasteiger partial charge is 0.480 e. The number of carbonyl (C=O) groups excluding carboxylic acids is 1.